The van der Waals surface area contributed by atoms with Gasteiger partial charge in [-0.15, -0.1) is 11.3 Å². The average molecular weight is 793 g/mol. The molecular formula is C55H33N3OS. The van der Waals surface area contributed by atoms with Crippen molar-refractivity contribution in [2.75, 3.05) is 0 Å². The van der Waals surface area contributed by atoms with E-state index in [2.05, 4.69) is 54.6 Å². The Morgan fingerprint density at radius 2 is 1.03 bits per heavy atom. The predicted octanol–water partition coefficient (Wildman–Crippen LogP) is 15.3. The lowest BCUT2D eigenvalue weighted by atomic mass is 9.97. The van der Waals surface area contributed by atoms with Gasteiger partial charge in [-0.05, 0) is 56.9 Å². The summed E-state index contributed by atoms with van der Waals surface area (Å²) in [4.78, 5) is 15.1. The lowest BCUT2D eigenvalue weighted by Crippen LogP contribution is -2.00. The van der Waals surface area contributed by atoms with Crippen LogP contribution >= 0.6 is 11.3 Å². The lowest BCUT2D eigenvalue weighted by molar-refractivity contribution is 0.673. The second-order valence-corrected chi connectivity index (χ2v) is 15.5. The molecule has 0 unspecified atom stereocenters. The Bertz CT molecular complexity index is 4110. The second kappa shape index (κ2) is 14.0. The SMILES string of the molecule is [2H]c1c([2H])c(-c2ccc(-c3nc(-c4ccc(-c5ccccc5)cc4)nc(-c4ccc5c(c4)sc4c(-c6ccccc6)cccc45)n3)cc2)c2c(oc3c4c([2H])c([2H])c([2H])c([2H])c4c([2H])c([2H])c32)c1[2H]. The van der Waals surface area contributed by atoms with E-state index >= 15 is 0 Å². The van der Waals surface area contributed by atoms with Crippen molar-refractivity contribution in [1.82, 2.24) is 15.0 Å². The molecule has 0 spiro atoms. The Labute approximate surface area is 362 Å². The second-order valence-electron chi connectivity index (χ2n) is 14.4. The zero-order valence-corrected chi connectivity index (χ0v) is 32.3. The van der Waals surface area contributed by atoms with Crippen LogP contribution in [0.25, 0.3) is 120 Å². The van der Waals surface area contributed by atoms with Crippen LogP contribution in [-0.2, 0) is 0 Å². The highest BCUT2D eigenvalue weighted by molar-refractivity contribution is 7.26. The van der Waals surface area contributed by atoms with Crippen LogP contribution in [0, 0.1) is 0 Å². The summed E-state index contributed by atoms with van der Waals surface area (Å²) in [7, 11) is 0. The van der Waals surface area contributed by atoms with E-state index in [9.17, 15) is 0 Å². The van der Waals surface area contributed by atoms with Gasteiger partial charge in [-0.25, -0.2) is 15.0 Å². The summed E-state index contributed by atoms with van der Waals surface area (Å²) in [6, 6.07) is 44.3. The molecule has 12 rings (SSSR count). The smallest absolute Gasteiger partial charge is 0.164 e. The molecule has 12 aromatic rings. The minimum atomic E-state index is -0.548. The largest absolute Gasteiger partial charge is 0.455 e. The molecule has 60 heavy (non-hydrogen) atoms. The summed E-state index contributed by atoms with van der Waals surface area (Å²) < 4.78 is 87.3. The number of furan rings is 1. The van der Waals surface area contributed by atoms with E-state index in [0.717, 1.165) is 37.9 Å². The summed E-state index contributed by atoms with van der Waals surface area (Å²) in [6.07, 6.45) is 0. The molecule has 0 aliphatic heterocycles. The van der Waals surface area contributed by atoms with Crippen molar-refractivity contribution >= 4 is 64.2 Å². The maximum Gasteiger partial charge on any atom is 0.164 e. The van der Waals surface area contributed by atoms with Crippen LogP contribution in [0.2, 0.25) is 0 Å². The first-order valence-corrected chi connectivity index (χ1v) is 20.2. The first-order valence-electron chi connectivity index (χ1n) is 23.9. The fraction of sp³-hybridized carbons (Fsp3) is 0. The molecule has 0 aliphatic carbocycles. The van der Waals surface area contributed by atoms with E-state index < -0.39 is 42.3 Å². The van der Waals surface area contributed by atoms with Crippen molar-refractivity contribution in [1.29, 1.82) is 0 Å². The van der Waals surface area contributed by atoms with E-state index in [1.54, 1.807) is 35.6 Å². The van der Waals surface area contributed by atoms with Crippen molar-refractivity contribution in [3.8, 4) is 67.5 Å². The summed E-state index contributed by atoms with van der Waals surface area (Å²) >= 11 is 1.73. The number of hydrogen-bond acceptors (Lipinski definition) is 5. The standard InChI is InChI=1S/C55H33N3OS/c1-3-11-34(12-4-1)35-21-25-39(26-22-35)53-56-54(58-55(57-53)41-30-31-45-46-19-9-18-44(36-13-5-2-6-14-36)52(46)60-49(45)33-41)40-27-23-38(24-28-40)42-17-10-20-48-50(42)47-32-29-37-15-7-8-16-43(37)51(47)59-48/h1-33H/i7D,8D,10D,15D,16D,17D,20D,29D,32D. The van der Waals surface area contributed by atoms with Crippen molar-refractivity contribution in [3.05, 3.63) is 200 Å². The number of rotatable bonds is 6. The first-order chi connectivity index (χ1) is 33.5. The number of benzene rings is 9. The predicted molar refractivity (Wildman–Crippen MR) is 250 cm³/mol. The monoisotopic (exact) mass is 792 g/mol. The van der Waals surface area contributed by atoms with Gasteiger partial charge in [0.1, 0.15) is 11.2 Å². The molecule has 0 radical (unpaired) electrons. The van der Waals surface area contributed by atoms with Gasteiger partial charge in [0.15, 0.2) is 17.5 Å². The quantitative estimate of drug-likeness (QED) is 0.168. The topological polar surface area (TPSA) is 51.8 Å². The molecule has 3 aromatic heterocycles. The van der Waals surface area contributed by atoms with E-state index in [4.69, 9.17) is 31.7 Å². The minimum absolute atomic E-state index is 0.0190. The van der Waals surface area contributed by atoms with Gasteiger partial charge in [-0.1, -0.05) is 182 Å². The van der Waals surface area contributed by atoms with Crippen LogP contribution in [0.5, 0.6) is 0 Å². The molecule has 0 amide bonds. The summed E-state index contributed by atoms with van der Waals surface area (Å²) in [5, 5.41) is 2.17. The van der Waals surface area contributed by atoms with Crippen LogP contribution in [0.3, 0.4) is 0 Å². The molecule has 3 heterocycles. The number of hydrogen-bond donors (Lipinski definition) is 0. The van der Waals surface area contributed by atoms with E-state index in [-0.39, 0.29) is 50.4 Å². The molecule has 0 bridgehead atoms. The molecule has 0 saturated carbocycles. The average Bonchev–Trinajstić information content (AvgIpc) is 3.98. The molecule has 4 nitrogen and oxygen atoms in total. The minimum Gasteiger partial charge on any atom is -0.455 e. The van der Waals surface area contributed by atoms with Crippen LogP contribution in [0.15, 0.2) is 204 Å². The maximum atomic E-state index is 9.17. The molecule has 5 heteroatoms. The maximum absolute atomic E-state index is 9.17. The normalized spacial score (nSPS) is 13.8. The molecule has 0 fully saturated rings. The molecule has 280 valence electrons. The van der Waals surface area contributed by atoms with Crippen molar-refractivity contribution < 1.29 is 16.8 Å². The highest BCUT2D eigenvalue weighted by Gasteiger charge is 2.18. The van der Waals surface area contributed by atoms with Crippen LogP contribution in [0.4, 0.5) is 0 Å². The van der Waals surface area contributed by atoms with Crippen molar-refractivity contribution in [2.24, 2.45) is 0 Å². The third-order valence-corrected chi connectivity index (χ3v) is 12.1. The molecule has 0 atom stereocenters. The highest BCUT2D eigenvalue weighted by atomic mass is 32.1. The lowest BCUT2D eigenvalue weighted by Gasteiger charge is -2.10. The Morgan fingerprint density at radius 3 is 1.78 bits per heavy atom. The third kappa shape index (κ3) is 5.78. The fourth-order valence-corrected chi connectivity index (χ4v) is 9.24. The van der Waals surface area contributed by atoms with Crippen LogP contribution in [-0.4, -0.2) is 15.0 Å². The number of nitrogens with zero attached hydrogens (tertiary/aromatic N) is 3. The van der Waals surface area contributed by atoms with Crippen molar-refractivity contribution in [3.63, 3.8) is 0 Å². The van der Waals surface area contributed by atoms with Crippen LogP contribution in [0.1, 0.15) is 12.3 Å². The summed E-state index contributed by atoms with van der Waals surface area (Å²) in [6.45, 7) is 0. The third-order valence-electron chi connectivity index (χ3n) is 10.9. The Balaban J connectivity index is 1.02. The van der Waals surface area contributed by atoms with Gasteiger partial charge in [-0.2, -0.15) is 0 Å². The van der Waals surface area contributed by atoms with Crippen LogP contribution < -0.4 is 0 Å². The molecule has 0 N–H and O–H groups in total. The first kappa shape index (κ1) is 26.3. The van der Waals surface area contributed by atoms with Gasteiger partial charge in [0.25, 0.3) is 0 Å². The number of aromatic nitrogens is 3. The summed E-state index contributed by atoms with van der Waals surface area (Å²) in [5.41, 5.74) is 7.04. The summed E-state index contributed by atoms with van der Waals surface area (Å²) in [5.74, 6) is 1.32. The Hall–Kier alpha value is -7.73. The van der Waals surface area contributed by atoms with Gasteiger partial charge in [0.05, 0.1) is 12.3 Å². The molecule has 0 aliphatic rings. The van der Waals surface area contributed by atoms with Gasteiger partial charge in [0.2, 0.25) is 0 Å². The van der Waals surface area contributed by atoms with E-state index in [1.807, 2.05) is 66.7 Å². The zero-order valence-electron chi connectivity index (χ0n) is 40.5. The van der Waals surface area contributed by atoms with Gasteiger partial charge in [0, 0.05) is 53.0 Å². The fourth-order valence-electron chi connectivity index (χ4n) is 7.96. The Kier molecular flexibility index (Phi) is 6.13. The molecule has 0 saturated heterocycles. The molecule has 9 aromatic carbocycles. The Morgan fingerprint density at radius 1 is 0.417 bits per heavy atom. The van der Waals surface area contributed by atoms with Gasteiger partial charge >= 0.3 is 0 Å². The van der Waals surface area contributed by atoms with Crippen molar-refractivity contribution in [2.45, 2.75) is 0 Å². The van der Waals surface area contributed by atoms with Gasteiger partial charge in [-0.3, -0.25) is 0 Å². The highest BCUT2D eigenvalue weighted by Crippen LogP contribution is 2.42. The number of thiophene rings is 1. The van der Waals surface area contributed by atoms with E-state index in [1.165, 1.54) is 15.6 Å². The number of fused-ring (bicyclic) bond motifs is 8. The molecular weight excluding hydrogens is 751 g/mol. The van der Waals surface area contributed by atoms with Gasteiger partial charge < -0.3 is 4.42 Å². The zero-order chi connectivity index (χ0) is 47.4. The van der Waals surface area contributed by atoms with E-state index in [0.29, 0.717) is 28.6 Å².